The third-order valence-electron chi connectivity index (χ3n) is 13.5. The lowest BCUT2D eigenvalue weighted by Crippen LogP contribution is -2.62. The fourth-order valence-electron chi connectivity index (χ4n) is 10.2. The second kappa shape index (κ2) is 19.4. The van der Waals surface area contributed by atoms with Gasteiger partial charge in [-0.1, -0.05) is 46.2 Å². The van der Waals surface area contributed by atoms with Crippen LogP contribution >= 0.6 is 0 Å². The van der Waals surface area contributed by atoms with Crippen LogP contribution in [-0.4, -0.2) is 107 Å². The monoisotopic (exact) mass is 878 g/mol. The number of benzene rings is 2. The van der Waals surface area contributed by atoms with Gasteiger partial charge in [-0.25, -0.2) is 5.43 Å². The lowest BCUT2D eigenvalue weighted by molar-refractivity contribution is -0.155. The molecule has 4 heterocycles. The van der Waals surface area contributed by atoms with Crippen LogP contribution < -0.4 is 16.1 Å². The van der Waals surface area contributed by atoms with Crippen molar-refractivity contribution < 1.29 is 33.8 Å². The summed E-state index contributed by atoms with van der Waals surface area (Å²) in [6.07, 6.45) is 5.65. The van der Waals surface area contributed by atoms with E-state index in [9.17, 15) is 24.3 Å². The molecule has 14 heteroatoms. The van der Waals surface area contributed by atoms with Gasteiger partial charge >= 0.3 is 5.97 Å². The number of cyclic esters (lactones) is 1. The Hall–Kier alpha value is -5.31. The van der Waals surface area contributed by atoms with Gasteiger partial charge in [0.15, 0.2) is 0 Å². The number of methoxy groups -OCH3 is 1. The number of hydrogen-bond donors (Lipinski definition) is 4. The van der Waals surface area contributed by atoms with Crippen LogP contribution in [0, 0.1) is 17.3 Å². The zero-order valence-electron chi connectivity index (χ0n) is 39.0. The minimum atomic E-state index is -1.11. The number of aromatic hydroxyl groups is 1. The molecule has 3 aliphatic rings. The average Bonchev–Trinajstić information content (AvgIpc) is 3.88. The Labute approximate surface area is 377 Å². The molecule has 6 atom stereocenters. The predicted molar refractivity (Wildman–Crippen MR) is 247 cm³/mol. The molecular formula is C50H67N7O7. The maximum absolute atomic E-state index is 14.7. The van der Waals surface area contributed by atoms with Crippen LogP contribution in [0.25, 0.3) is 33.3 Å². The highest BCUT2D eigenvalue weighted by atomic mass is 16.5. The summed E-state index contributed by atoms with van der Waals surface area (Å²) in [6, 6.07) is 12.9. The first-order chi connectivity index (χ1) is 30.5. The first kappa shape index (κ1) is 46.7. The highest BCUT2D eigenvalue weighted by Crippen LogP contribution is 2.42. The van der Waals surface area contributed by atoms with Crippen molar-refractivity contribution in [3.8, 4) is 28.1 Å². The molecule has 64 heavy (non-hydrogen) atoms. The largest absolute Gasteiger partial charge is 0.508 e. The second-order valence-corrected chi connectivity index (χ2v) is 19.1. The number of amides is 3. The first-order valence-corrected chi connectivity index (χ1v) is 23.0. The van der Waals surface area contributed by atoms with Gasteiger partial charge in [0.2, 0.25) is 11.8 Å². The van der Waals surface area contributed by atoms with E-state index >= 15 is 0 Å². The van der Waals surface area contributed by atoms with Crippen molar-refractivity contribution >= 4 is 34.6 Å². The third-order valence-corrected chi connectivity index (χ3v) is 13.5. The van der Waals surface area contributed by atoms with Gasteiger partial charge in [-0.2, -0.15) is 0 Å². The number of carbonyl (C=O) groups excluding carboxylic acids is 4. The number of pyridine rings is 1. The summed E-state index contributed by atoms with van der Waals surface area (Å²) >= 11 is 0. The molecule has 2 aromatic carbocycles. The van der Waals surface area contributed by atoms with Crippen molar-refractivity contribution in [2.75, 3.05) is 34.4 Å². The molecule has 2 aliphatic heterocycles. The number of fused-ring (bicyclic) bond motifs is 6. The number of nitrogens with one attached hydrogen (secondary N) is 3. The molecule has 4 N–H and O–H groups in total. The van der Waals surface area contributed by atoms with Crippen molar-refractivity contribution in [2.24, 2.45) is 17.3 Å². The summed E-state index contributed by atoms with van der Waals surface area (Å²) in [4.78, 5) is 63.4. The molecule has 344 valence electrons. The Morgan fingerprint density at radius 1 is 1.06 bits per heavy atom. The van der Waals surface area contributed by atoms with Gasteiger partial charge in [-0.15, -0.1) is 0 Å². The number of ether oxygens (including phenoxy) is 2. The molecule has 1 saturated carbocycles. The van der Waals surface area contributed by atoms with Crippen LogP contribution in [0.1, 0.15) is 96.6 Å². The number of nitrogens with zero attached hydrogens (tertiary/aromatic N) is 4. The minimum Gasteiger partial charge on any atom is -0.508 e. The predicted octanol–water partition coefficient (Wildman–Crippen LogP) is 6.32. The number of aromatic nitrogens is 2. The molecule has 0 spiro atoms. The lowest BCUT2D eigenvalue weighted by Gasteiger charge is -2.37. The van der Waals surface area contributed by atoms with Gasteiger partial charge in [-0.3, -0.25) is 29.2 Å². The smallest absolute Gasteiger partial charge is 0.324 e. The number of rotatable bonds is 10. The fourth-order valence-corrected chi connectivity index (χ4v) is 10.2. The van der Waals surface area contributed by atoms with E-state index in [1.165, 1.54) is 5.01 Å². The number of phenols is 1. The van der Waals surface area contributed by atoms with E-state index in [0.717, 1.165) is 63.8 Å². The van der Waals surface area contributed by atoms with Gasteiger partial charge in [0.25, 0.3) is 5.91 Å². The summed E-state index contributed by atoms with van der Waals surface area (Å²) in [5, 5.41) is 20.1. The normalized spacial score (nSPS) is 22.5. The summed E-state index contributed by atoms with van der Waals surface area (Å²) in [6.45, 7) is 13.2. The van der Waals surface area contributed by atoms with Gasteiger partial charge < -0.3 is 34.7 Å². The van der Waals surface area contributed by atoms with Crippen LogP contribution in [0.4, 0.5) is 0 Å². The van der Waals surface area contributed by atoms with Crippen LogP contribution in [-0.2, 0) is 48.0 Å². The maximum atomic E-state index is 14.7. The molecule has 1 saturated heterocycles. The number of aryl methyl sites for hydroxylation is 1. The highest BCUT2D eigenvalue weighted by molar-refractivity contribution is 5.96. The summed E-state index contributed by atoms with van der Waals surface area (Å²) < 4.78 is 14.2. The molecule has 2 aromatic heterocycles. The molecule has 4 aromatic rings. The summed E-state index contributed by atoms with van der Waals surface area (Å²) in [5.74, 6) is -1.95. The molecule has 14 nitrogen and oxygen atoms in total. The number of phenolic OH excluding ortho intramolecular Hbond substituents is 1. The number of likely N-dealkylation sites (N-methyl/N-ethyl adjacent to an activating group) is 1. The van der Waals surface area contributed by atoms with Crippen LogP contribution in [0.15, 0.2) is 54.7 Å². The second-order valence-electron chi connectivity index (χ2n) is 19.1. The van der Waals surface area contributed by atoms with Crippen LogP contribution in [0.2, 0.25) is 0 Å². The number of hydrazine groups is 1. The standard InChI is InChI=1S/C50H67N7O7/c1-10-56-42-19-18-32-26-37(42)38(45(56)36-15-12-20-52-43(36)30(4)63-9)27-50(5,6)28-64-49(62)40-17-13-21-57(54-40)48(61)41(24-31-22-33(32)25-34(58)23-31)53-46(59)44(29(2)3)55(8)47(60)35-14-11-16-39(35)51-7/h12,15,18-20,22-23,25-26,29-30,35,39-41,44,51,54,58H,10-11,13-14,16-17,21,24,27-28H2,1-9H3,(H,53,59)/t30-,35-,39+,40-,41-,44?/m0/s1. The quantitative estimate of drug-likeness (QED) is 0.132. The highest BCUT2D eigenvalue weighted by Gasteiger charge is 2.41. The third kappa shape index (κ3) is 9.55. The van der Waals surface area contributed by atoms with E-state index in [1.54, 1.807) is 37.4 Å². The molecule has 0 radical (unpaired) electrons. The number of esters is 1. The summed E-state index contributed by atoms with van der Waals surface area (Å²) in [5.41, 5.74) is 9.74. The number of hydrogen-bond acceptors (Lipinski definition) is 10. The molecule has 1 unspecified atom stereocenters. The molecular weight excluding hydrogens is 811 g/mol. The fraction of sp³-hybridized carbons (Fsp3) is 0.540. The van der Waals surface area contributed by atoms with Gasteiger partial charge in [0.05, 0.1) is 30.0 Å². The van der Waals surface area contributed by atoms with Crippen LogP contribution in [0.3, 0.4) is 0 Å². The summed E-state index contributed by atoms with van der Waals surface area (Å²) in [7, 11) is 5.21. The molecule has 1 aliphatic carbocycles. The van der Waals surface area contributed by atoms with E-state index in [2.05, 4.69) is 59.6 Å². The Kier molecular flexibility index (Phi) is 14.2. The van der Waals surface area contributed by atoms with Gasteiger partial charge in [-0.05, 0) is 118 Å². The molecule has 3 amide bonds. The first-order valence-electron chi connectivity index (χ1n) is 23.0. The minimum absolute atomic E-state index is 0.0150. The molecule has 2 fully saturated rings. The zero-order valence-corrected chi connectivity index (χ0v) is 39.0. The van der Waals surface area contributed by atoms with Gasteiger partial charge in [0, 0.05) is 67.8 Å². The van der Waals surface area contributed by atoms with Crippen molar-refractivity contribution in [3.05, 3.63) is 71.5 Å². The van der Waals surface area contributed by atoms with E-state index in [4.69, 9.17) is 14.5 Å². The average molecular weight is 878 g/mol. The van der Waals surface area contributed by atoms with E-state index in [-0.39, 0.29) is 48.7 Å². The molecule has 6 bridgehead atoms. The Bertz CT molecular complexity index is 2380. The van der Waals surface area contributed by atoms with E-state index in [0.29, 0.717) is 37.9 Å². The maximum Gasteiger partial charge on any atom is 0.324 e. The van der Waals surface area contributed by atoms with Crippen molar-refractivity contribution in [2.45, 2.75) is 123 Å². The van der Waals surface area contributed by atoms with Gasteiger partial charge in [0.1, 0.15) is 23.9 Å². The topological polar surface area (TPSA) is 167 Å². The van der Waals surface area contributed by atoms with E-state index in [1.807, 2.05) is 46.0 Å². The number of carbonyl (C=O) groups is 4. The SMILES string of the molecule is CCn1c(-c2cccnc2[C@H](C)OC)c2c3cc(ccc31)-c1cc(O)cc(c1)C[C@H](NC(=O)C(C(C)C)N(C)C(=O)[C@H]1CCC[C@H]1NC)C(=O)N1CCC[C@H](N1)C(=O)OCC(C)(C)C2. The van der Waals surface area contributed by atoms with Crippen LogP contribution in [0.5, 0.6) is 5.75 Å². The van der Waals surface area contributed by atoms with Crippen molar-refractivity contribution in [1.29, 1.82) is 0 Å². The molecule has 7 rings (SSSR count). The zero-order chi connectivity index (χ0) is 46.0. The van der Waals surface area contributed by atoms with E-state index < -0.39 is 41.3 Å². The lowest BCUT2D eigenvalue weighted by atomic mass is 9.84. The van der Waals surface area contributed by atoms with Crippen molar-refractivity contribution in [1.82, 2.24) is 35.5 Å². The Balaban J connectivity index is 1.33. The van der Waals surface area contributed by atoms with Crippen molar-refractivity contribution in [3.63, 3.8) is 0 Å². The Morgan fingerprint density at radius 2 is 1.84 bits per heavy atom. The Morgan fingerprint density at radius 3 is 2.56 bits per heavy atom.